The largest absolute Gasteiger partial charge is 0.482 e. The molecule has 1 aromatic rings. The summed E-state index contributed by atoms with van der Waals surface area (Å²) in [5.74, 6) is 0.240. The number of hydrogen-bond donors (Lipinski definition) is 2. The zero-order chi connectivity index (χ0) is 15.7. The van der Waals surface area contributed by atoms with Gasteiger partial charge in [-0.25, -0.2) is 8.42 Å². The van der Waals surface area contributed by atoms with Gasteiger partial charge >= 0.3 is 0 Å². The SMILES string of the molecule is O=C1COc2cc(C(=O)NCC3CCS(=O)(=O)C3)ccc2N1. The zero-order valence-electron chi connectivity index (χ0n) is 11.8. The molecular formula is C14H16N2O5S. The molecule has 1 aromatic carbocycles. The highest BCUT2D eigenvalue weighted by molar-refractivity contribution is 7.91. The van der Waals surface area contributed by atoms with Gasteiger partial charge in [0.25, 0.3) is 11.8 Å². The number of carbonyl (C=O) groups excluding carboxylic acids is 2. The molecule has 118 valence electrons. The molecule has 2 amide bonds. The number of anilines is 1. The Morgan fingerprint density at radius 2 is 2.23 bits per heavy atom. The van der Waals surface area contributed by atoms with E-state index in [0.29, 0.717) is 30.0 Å². The second-order valence-corrected chi connectivity index (χ2v) is 7.76. The molecule has 1 unspecified atom stereocenters. The fraction of sp³-hybridized carbons (Fsp3) is 0.429. The van der Waals surface area contributed by atoms with Crippen LogP contribution < -0.4 is 15.4 Å². The second-order valence-electron chi connectivity index (χ2n) is 5.53. The second kappa shape index (κ2) is 5.60. The van der Waals surface area contributed by atoms with Crippen LogP contribution in [0.2, 0.25) is 0 Å². The van der Waals surface area contributed by atoms with Gasteiger partial charge in [-0.1, -0.05) is 0 Å². The highest BCUT2D eigenvalue weighted by atomic mass is 32.2. The van der Waals surface area contributed by atoms with Crippen LogP contribution in [0.15, 0.2) is 18.2 Å². The Hall–Kier alpha value is -2.09. The van der Waals surface area contributed by atoms with Crippen molar-refractivity contribution >= 4 is 27.3 Å². The molecule has 1 saturated heterocycles. The van der Waals surface area contributed by atoms with Crippen LogP contribution in [0.1, 0.15) is 16.8 Å². The summed E-state index contributed by atoms with van der Waals surface area (Å²) < 4.78 is 28.0. The van der Waals surface area contributed by atoms with E-state index in [-0.39, 0.29) is 35.8 Å². The molecule has 2 aliphatic rings. The molecule has 1 atom stereocenters. The van der Waals surface area contributed by atoms with Crippen molar-refractivity contribution in [3.05, 3.63) is 23.8 Å². The predicted molar refractivity (Wildman–Crippen MR) is 79.7 cm³/mol. The summed E-state index contributed by atoms with van der Waals surface area (Å²) in [5.41, 5.74) is 0.949. The number of hydrogen-bond acceptors (Lipinski definition) is 5. The third kappa shape index (κ3) is 3.22. The Balaban J connectivity index is 1.62. The molecular weight excluding hydrogens is 308 g/mol. The van der Waals surface area contributed by atoms with Gasteiger partial charge in [0.15, 0.2) is 16.4 Å². The Morgan fingerprint density at radius 3 is 2.95 bits per heavy atom. The molecule has 1 fully saturated rings. The van der Waals surface area contributed by atoms with Crippen LogP contribution in [-0.4, -0.2) is 44.9 Å². The van der Waals surface area contributed by atoms with Gasteiger partial charge in [0, 0.05) is 12.1 Å². The lowest BCUT2D eigenvalue weighted by Crippen LogP contribution is -2.30. The maximum Gasteiger partial charge on any atom is 0.262 e. The number of sulfone groups is 1. The highest BCUT2D eigenvalue weighted by Gasteiger charge is 2.28. The van der Waals surface area contributed by atoms with Crippen LogP contribution in [0.4, 0.5) is 5.69 Å². The van der Waals surface area contributed by atoms with Crippen LogP contribution in [-0.2, 0) is 14.6 Å². The molecule has 8 heteroatoms. The van der Waals surface area contributed by atoms with E-state index in [4.69, 9.17) is 4.74 Å². The third-order valence-corrected chi connectivity index (χ3v) is 5.59. The van der Waals surface area contributed by atoms with Gasteiger partial charge in [0.2, 0.25) is 0 Å². The summed E-state index contributed by atoms with van der Waals surface area (Å²) in [5, 5.41) is 5.40. The molecule has 2 heterocycles. The fourth-order valence-electron chi connectivity index (χ4n) is 2.59. The van der Waals surface area contributed by atoms with E-state index in [2.05, 4.69) is 10.6 Å². The normalized spacial score (nSPS) is 22.4. The van der Waals surface area contributed by atoms with E-state index in [1.54, 1.807) is 18.2 Å². The minimum Gasteiger partial charge on any atom is -0.482 e. The molecule has 0 spiro atoms. The van der Waals surface area contributed by atoms with E-state index in [9.17, 15) is 18.0 Å². The minimum atomic E-state index is -2.94. The Morgan fingerprint density at radius 1 is 1.41 bits per heavy atom. The van der Waals surface area contributed by atoms with Crippen LogP contribution in [0, 0.1) is 5.92 Å². The lowest BCUT2D eigenvalue weighted by Gasteiger charge is -2.18. The number of benzene rings is 1. The number of amides is 2. The molecule has 0 bridgehead atoms. The van der Waals surface area contributed by atoms with Gasteiger partial charge in [-0.3, -0.25) is 9.59 Å². The van der Waals surface area contributed by atoms with Crippen molar-refractivity contribution < 1.29 is 22.7 Å². The lowest BCUT2D eigenvalue weighted by atomic mass is 10.1. The highest BCUT2D eigenvalue weighted by Crippen LogP contribution is 2.28. The van der Waals surface area contributed by atoms with E-state index in [0.717, 1.165) is 0 Å². The van der Waals surface area contributed by atoms with E-state index < -0.39 is 9.84 Å². The first-order chi connectivity index (χ1) is 10.4. The first kappa shape index (κ1) is 14.8. The van der Waals surface area contributed by atoms with Crippen molar-refractivity contribution in [3.8, 4) is 5.75 Å². The number of fused-ring (bicyclic) bond motifs is 1. The lowest BCUT2D eigenvalue weighted by molar-refractivity contribution is -0.118. The minimum absolute atomic E-state index is 0.0258. The smallest absolute Gasteiger partial charge is 0.262 e. The zero-order valence-corrected chi connectivity index (χ0v) is 12.6. The van der Waals surface area contributed by atoms with Crippen LogP contribution in [0.25, 0.3) is 0 Å². The average Bonchev–Trinajstić information content (AvgIpc) is 2.83. The van der Waals surface area contributed by atoms with Crippen LogP contribution >= 0.6 is 0 Å². The van der Waals surface area contributed by atoms with Crippen molar-refractivity contribution in [2.75, 3.05) is 30.0 Å². The van der Waals surface area contributed by atoms with Gasteiger partial charge < -0.3 is 15.4 Å². The summed E-state index contributed by atoms with van der Waals surface area (Å²) >= 11 is 0. The Kier molecular flexibility index (Phi) is 3.78. The Labute approximate surface area is 128 Å². The molecule has 0 radical (unpaired) electrons. The summed E-state index contributed by atoms with van der Waals surface area (Å²) in [6.07, 6.45) is 0.585. The standard InChI is InChI=1S/C14H16N2O5S/c17-13-7-21-12-5-10(1-2-11(12)16-13)14(18)15-6-9-3-4-22(19,20)8-9/h1-2,5,9H,3-4,6-8H2,(H,15,18)(H,16,17). The molecule has 2 N–H and O–H groups in total. The summed E-state index contributed by atoms with van der Waals surface area (Å²) in [6, 6.07) is 4.77. The van der Waals surface area contributed by atoms with Crippen LogP contribution in [0.3, 0.4) is 0 Å². The van der Waals surface area contributed by atoms with Gasteiger partial charge in [-0.15, -0.1) is 0 Å². The van der Waals surface area contributed by atoms with E-state index in [1.165, 1.54) is 0 Å². The summed E-state index contributed by atoms with van der Waals surface area (Å²) in [7, 11) is -2.94. The van der Waals surface area contributed by atoms with Gasteiger partial charge in [-0.05, 0) is 30.5 Å². The third-order valence-electron chi connectivity index (χ3n) is 3.75. The van der Waals surface area contributed by atoms with E-state index in [1.807, 2.05) is 0 Å². The molecule has 2 aliphatic heterocycles. The van der Waals surface area contributed by atoms with Gasteiger partial charge in [0.1, 0.15) is 5.75 Å². The fourth-order valence-corrected chi connectivity index (χ4v) is 4.45. The molecule has 3 rings (SSSR count). The maximum absolute atomic E-state index is 12.1. The monoisotopic (exact) mass is 324 g/mol. The van der Waals surface area contributed by atoms with Crippen molar-refractivity contribution in [1.29, 1.82) is 0 Å². The molecule has 22 heavy (non-hydrogen) atoms. The van der Waals surface area contributed by atoms with Crippen molar-refractivity contribution in [1.82, 2.24) is 5.32 Å². The van der Waals surface area contributed by atoms with Crippen molar-refractivity contribution in [3.63, 3.8) is 0 Å². The van der Waals surface area contributed by atoms with Gasteiger partial charge in [-0.2, -0.15) is 0 Å². The van der Waals surface area contributed by atoms with Crippen LogP contribution in [0.5, 0.6) is 5.75 Å². The maximum atomic E-state index is 12.1. The molecule has 0 saturated carbocycles. The van der Waals surface area contributed by atoms with E-state index >= 15 is 0 Å². The van der Waals surface area contributed by atoms with Crippen molar-refractivity contribution in [2.24, 2.45) is 5.92 Å². The number of rotatable bonds is 3. The average molecular weight is 324 g/mol. The number of carbonyl (C=O) groups is 2. The number of ether oxygens (including phenoxy) is 1. The van der Waals surface area contributed by atoms with Gasteiger partial charge in [0.05, 0.1) is 17.2 Å². The summed E-state index contributed by atoms with van der Waals surface area (Å²) in [6.45, 7) is 0.269. The predicted octanol–water partition coefficient (Wildman–Crippen LogP) is 0.182. The quantitative estimate of drug-likeness (QED) is 0.826. The Bertz CT molecular complexity index is 729. The molecule has 7 nitrogen and oxygen atoms in total. The topological polar surface area (TPSA) is 102 Å². The van der Waals surface area contributed by atoms with Crippen molar-refractivity contribution in [2.45, 2.75) is 6.42 Å². The molecule has 0 aromatic heterocycles. The first-order valence-electron chi connectivity index (χ1n) is 6.98. The molecule has 0 aliphatic carbocycles. The number of nitrogens with one attached hydrogen (secondary N) is 2. The summed E-state index contributed by atoms with van der Waals surface area (Å²) in [4.78, 5) is 23.3. The first-order valence-corrected chi connectivity index (χ1v) is 8.80.